The Hall–Kier alpha value is -3.48. The number of carboxylic acid groups (broad SMARTS) is 2. The molecular formula is C19H30N6O7. The topological polar surface area (TPSA) is 217 Å². The Morgan fingerprint density at radius 2 is 1.69 bits per heavy atom. The van der Waals surface area contributed by atoms with Gasteiger partial charge in [0.25, 0.3) is 0 Å². The number of nitrogens with one attached hydrogen (secondary N) is 4. The summed E-state index contributed by atoms with van der Waals surface area (Å²) in [6, 6.07) is -3.28. The molecule has 3 amide bonds. The lowest BCUT2D eigenvalue weighted by Gasteiger charge is -2.25. The Morgan fingerprint density at radius 3 is 2.22 bits per heavy atom. The molecule has 3 unspecified atom stereocenters. The highest BCUT2D eigenvalue weighted by molar-refractivity contribution is 5.93. The number of nitrogens with zero attached hydrogens (tertiary/aromatic N) is 1. The average molecular weight is 454 g/mol. The van der Waals surface area contributed by atoms with Gasteiger partial charge in [-0.15, -0.1) is 0 Å². The van der Waals surface area contributed by atoms with Gasteiger partial charge in [0, 0.05) is 24.7 Å². The molecule has 0 saturated carbocycles. The number of rotatable bonds is 14. The van der Waals surface area contributed by atoms with E-state index in [1.54, 1.807) is 0 Å². The van der Waals surface area contributed by atoms with Crippen LogP contribution in [-0.4, -0.2) is 74.5 Å². The standard InChI is InChI=1S/C19H30N6O7/c1-10(2)5-13(24-17(30)12(20)3-4-15(26)27)19(32)25-14(6-11-7-21-9-23-11)18(31)22-8-16(28)29/h7,9-10,12-14H,3-6,8,20H2,1-2H3,(H,21,23)(H,22,31)(H,24,30)(H,25,32)(H,26,27)(H,28,29). The summed E-state index contributed by atoms with van der Waals surface area (Å²) in [5.41, 5.74) is 6.24. The maximum absolute atomic E-state index is 12.9. The molecule has 1 aromatic rings. The predicted octanol–water partition coefficient (Wildman–Crippen LogP) is -1.64. The number of nitrogens with two attached hydrogens (primary N) is 1. The normalized spacial score (nSPS) is 13.6. The van der Waals surface area contributed by atoms with E-state index in [1.807, 2.05) is 13.8 Å². The minimum absolute atomic E-state index is 0.00631. The summed E-state index contributed by atoms with van der Waals surface area (Å²) < 4.78 is 0. The summed E-state index contributed by atoms with van der Waals surface area (Å²) in [5, 5.41) is 24.8. The number of hydrogen-bond acceptors (Lipinski definition) is 7. The molecule has 1 rings (SSSR count). The number of carbonyl (C=O) groups excluding carboxylic acids is 3. The van der Waals surface area contributed by atoms with E-state index in [9.17, 15) is 24.0 Å². The molecule has 1 aromatic heterocycles. The van der Waals surface area contributed by atoms with Gasteiger partial charge in [0.05, 0.1) is 12.4 Å². The fourth-order valence-electron chi connectivity index (χ4n) is 2.78. The van der Waals surface area contributed by atoms with E-state index >= 15 is 0 Å². The second-order valence-electron chi connectivity index (χ2n) is 7.68. The van der Waals surface area contributed by atoms with Gasteiger partial charge in [-0.05, 0) is 18.8 Å². The Kier molecular flexibility index (Phi) is 10.8. The van der Waals surface area contributed by atoms with Gasteiger partial charge in [0.1, 0.15) is 18.6 Å². The minimum atomic E-state index is -1.25. The highest BCUT2D eigenvalue weighted by Crippen LogP contribution is 2.08. The second-order valence-corrected chi connectivity index (χ2v) is 7.68. The van der Waals surface area contributed by atoms with Gasteiger partial charge in [0.2, 0.25) is 17.7 Å². The van der Waals surface area contributed by atoms with Crippen LogP contribution >= 0.6 is 0 Å². The molecule has 8 N–H and O–H groups in total. The first-order chi connectivity index (χ1) is 15.0. The van der Waals surface area contributed by atoms with Gasteiger partial charge >= 0.3 is 11.9 Å². The zero-order valence-corrected chi connectivity index (χ0v) is 18.0. The number of H-pyrrole nitrogens is 1. The number of imidazole rings is 1. The first kappa shape index (κ1) is 26.6. The molecule has 0 aliphatic carbocycles. The van der Waals surface area contributed by atoms with Crippen molar-refractivity contribution in [3.8, 4) is 0 Å². The van der Waals surface area contributed by atoms with Gasteiger partial charge in [-0.25, -0.2) is 4.98 Å². The van der Waals surface area contributed by atoms with Crippen molar-refractivity contribution < 1.29 is 34.2 Å². The number of aromatic amines is 1. The molecule has 0 radical (unpaired) electrons. The summed E-state index contributed by atoms with van der Waals surface area (Å²) in [7, 11) is 0. The predicted molar refractivity (Wildman–Crippen MR) is 111 cm³/mol. The van der Waals surface area contributed by atoms with E-state index in [0.717, 1.165) is 0 Å². The van der Waals surface area contributed by atoms with Crippen molar-refractivity contribution in [1.82, 2.24) is 25.9 Å². The Balaban J connectivity index is 2.90. The van der Waals surface area contributed by atoms with E-state index in [2.05, 4.69) is 25.9 Å². The van der Waals surface area contributed by atoms with Crippen LogP contribution in [0.5, 0.6) is 0 Å². The summed E-state index contributed by atoms with van der Waals surface area (Å²) in [6.45, 7) is 3.04. The number of aliphatic carboxylic acids is 2. The molecule has 13 heteroatoms. The summed E-state index contributed by atoms with van der Waals surface area (Å²) in [4.78, 5) is 65.8. The van der Waals surface area contributed by atoms with Crippen LogP contribution in [0.4, 0.5) is 0 Å². The molecule has 32 heavy (non-hydrogen) atoms. The molecule has 0 aliphatic heterocycles. The molecule has 0 spiro atoms. The molecule has 0 aromatic carbocycles. The molecular weight excluding hydrogens is 424 g/mol. The Bertz CT molecular complexity index is 796. The largest absolute Gasteiger partial charge is 0.481 e. The van der Waals surface area contributed by atoms with Crippen LogP contribution < -0.4 is 21.7 Å². The maximum Gasteiger partial charge on any atom is 0.322 e. The first-order valence-electron chi connectivity index (χ1n) is 10.0. The molecule has 0 fully saturated rings. The van der Waals surface area contributed by atoms with Gasteiger partial charge in [-0.2, -0.15) is 0 Å². The number of carboxylic acids is 2. The highest BCUT2D eigenvalue weighted by Gasteiger charge is 2.29. The number of amides is 3. The fraction of sp³-hybridized carbons (Fsp3) is 0.579. The third-order valence-corrected chi connectivity index (χ3v) is 4.37. The molecule has 13 nitrogen and oxygen atoms in total. The van der Waals surface area contributed by atoms with Crippen LogP contribution in [0, 0.1) is 5.92 Å². The number of carbonyl (C=O) groups is 5. The lowest BCUT2D eigenvalue weighted by atomic mass is 10.0. The van der Waals surface area contributed by atoms with Crippen LogP contribution in [0.15, 0.2) is 12.5 Å². The second kappa shape index (κ2) is 13.0. The first-order valence-corrected chi connectivity index (χ1v) is 10.0. The van der Waals surface area contributed by atoms with Crippen LogP contribution in [0.2, 0.25) is 0 Å². The summed E-state index contributed by atoms with van der Waals surface area (Å²) in [5.74, 6) is -4.42. The minimum Gasteiger partial charge on any atom is -0.481 e. The van der Waals surface area contributed by atoms with Crippen LogP contribution in [0.3, 0.4) is 0 Å². The molecule has 1 heterocycles. The van der Waals surface area contributed by atoms with Gasteiger partial charge in [0.15, 0.2) is 0 Å². The average Bonchev–Trinajstić information content (AvgIpc) is 3.21. The number of hydrogen-bond donors (Lipinski definition) is 7. The van der Waals surface area contributed by atoms with Crippen molar-refractivity contribution in [3.63, 3.8) is 0 Å². The smallest absolute Gasteiger partial charge is 0.322 e. The van der Waals surface area contributed by atoms with Crippen molar-refractivity contribution in [2.75, 3.05) is 6.54 Å². The van der Waals surface area contributed by atoms with Crippen molar-refractivity contribution in [2.45, 2.75) is 57.7 Å². The lowest BCUT2D eigenvalue weighted by Crippen LogP contribution is -2.56. The Morgan fingerprint density at radius 1 is 1.03 bits per heavy atom. The van der Waals surface area contributed by atoms with Crippen molar-refractivity contribution in [1.29, 1.82) is 0 Å². The van der Waals surface area contributed by atoms with Crippen LogP contribution in [0.1, 0.15) is 38.8 Å². The zero-order chi connectivity index (χ0) is 24.3. The molecule has 0 saturated heterocycles. The van der Waals surface area contributed by atoms with Crippen LogP contribution in [-0.2, 0) is 30.4 Å². The van der Waals surface area contributed by atoms with Crippen molar-refractivity contribution in [3.05, 3.63) is 18.2 Å². The highest BCUT2D eigenvalue weighted by atomic mass is 16.4. The maximum atomic E-state index is 12.9. The van der Waals surface area contributed by atoms with Crippen molar-refractivity contribution >= 4 is 29.7 Å². The van der Waals surface area contributed by atoms with Gasteiger partial charge < -0.3 is 36.9 Å². The van der Waals surface area contributed by atoms with Crippen molar-refractivity contribution in [2.24, 2.45) is 11.7 Å². The van der Waals surface area contributed by atoms with E-state index in [1.165, 1.54) is 12.5 Å². The fourth-order valence-corrected chi connectivity index (χ4v) is 2.78. The quantitative estimate of drug-likeness (QED) is 0.171. The molecule has 0 aliphatic rings. The molecule has 3 atom stereocenters. The number of aromatic nitrogens is 2. The monoisotopic (exact) mass is 454 g/mol. The third kappa shape index (κ3) is 10.0. The Labute approximate surface area is 184 Å². The van der Waals surface area contributed by atoms with E-state index in [-0.39, 0.29) is 31.6 Å². The lowest BCUT2D eigenvalue weighted by molar-refractivity contribution is -0.139. The summed E-state index contributed by atoms with van der Waals surface area (Å²) in [6.07, 6.45) is 2.69. The van der Waals surface area contributed by atoms with E-state index in [0.29, 0.717) is 5.69 Å². The molecule has 178 valence electrons. The van der Waals surface area contributed by atoms with Gasteiger partial charge in [-0.3, -0.25) is 24.0 Å². The molecule has 0 bridgehead atoms. The van der Waals surface area contributed by atoms with Gasteiger partial charge in [-0.1, -0.05) is 13.8 Å². The SMILES string of the molecule is CC(C)CC(NC(=O)C(N)CCC(=O)O)C(=O)NC(Cc1cnc[nH]1)C(=O)NCC(=O)O. The van der Waals surface area contributed by atoms with E-state index < -0.39 is 54.3 Å². The van der Waals surface area contributed by atoms with E-state index in [4.69, 9.17) is 15.9 Å². The van der Waals surface area contributed by atoms with Crippen LogP contribution in [0.25, 0.3) is 0 Å². The summed E-state index contributed by atoms with van der Waals surface area (Å²) >= 11 is 0. The zero-order valence-electron chi connectivity index (χ0n) is 18.0. The third-order valence-electron chi connectivity index (χ3n) is 4.37.